The van der Waals surface area contributed by atoms with Gasteiger partial charge in [0.15, 0.2) is 0 Å². The van der Waals surface area contributed by atoms with Crippen molar-refractivity contribution in [2.75, 3.05) is 43.6 Å². The standard InChI is InChI=1S/C19H19N3O6/c1-27-19(24)14-5-6-17(21-7-9-28-10-8-21)16(12-14)20-18(23)13-3-2-4-15(11-13)22(25)26/h2-6,11-12H,7-10H2,1H3,(H,20,23). The molecule has 0 bridgehead atoms. The van der Waals surface area contributed by atoms with Crippen LogP contribution in [0.15, 0.2) is 42.5 Å². The number of ether oxygens (including phenoxy) is 2. The molecule has 146 valence electrons. The van der Waals surface area contributed by atoms with E-state index in [1.165, 1.54) is 37.4 Å². The zero-order valence-electron chi connectivity index (χ0n) is 15.2. The Morgan fingerprint density at radius 2 is 1.89 bits per heavy atom. The van der Waals surface area contributed by atoms with E-state index < -0.39 is 16.8 Å². The topological polar surface area (TPSA) is 111 Å². The maximum Gasteiger partial charge on any atom is 0.337 e. The second-order valence-electron chi connectivity index (χ2n) is 6.08. The first-order chi connectivity index (χ1) is 13.5. The van der Waals surface area contributed by atoms with Gasteiger partial charge < -0.3 is 19.7 Å². The van der Waals surface area contributed by atoms with Crippen molar-refractivity contribution in [1.82, 2.24) is 0 Å². The van der Waals surface area contributed by atoms with Gasteiger partial charge in [0.1, 0.15) is 0 Å². The number of carbonyl (C=O) groups excluding carboxylic acids is 2. The van der Waals surface area contributed by atoms with Crippen LogP contribution in [0.4, 0.5) is 17.1 Å². The molecular formula is C19H19N3O6. The number of anilines is 2. The van der Waals surface area contributed by atoms with Gasteiger partial charge in [0.2, 0.25) is 0 Å². The number of esters is 1. The third kappa shape index (κ3) is 4.26. The molecule has 1 aliphatic heterocycles. The number of hydrogen-bond donors (Lipinski definition) is 1. The first kappa shape index (κ1) is 19.3. The molecule has 9 heteroatoms. The average molecular weight is 385 g/mol. The molecule has 1 fully saturated rings. The molecule has 0 aliphatic carbocycles. The SMILES string of the molecule is COC(=O)c1ccc(N2CCOCC2)c(NC(=O)c2cccc([N+](=O)[O-])c2)c1. The van der Waals surface area contributed by atoms with Gasteiger partial charge in [-0.3, -0.25) is 14.9 Å². The van der Waals surface area contributed by atoms with Gasteiger partial charge in [-0.15, -0.1) is 0 Å². The smallest absolute Gasteiger partial charge is 0.337 e. The highest BCUT2D eigenvalue weighted by Crippen LogP contribution is 2.29. The second-order valence-corrected chi connectivity index (χ2v) is 6.08. The van der Waals surface area contributed by atoms with Crippen LogP contribution < -0.4 is 10.2 Å². The van der Waals surface area contributed by atoms with E-state index in [0.717, 1.165) is 5.69 Å². The fourth-order valence-corrected chi connectivity index (χ4v) is 2.92. The van der Waals surface area contributed by atoms with E-state index in [1.807, 2.05) is 4.90 Å². The fourth-order valence-electron chi connectivity index (χ4n) is 2.92. The highest BCUT2D eigenvalue weighted by atomic mass is 16.6. The number of amides is 1. The number of rotatable bonds is 5. The Morgan fingerprint density at radius 3 is 2.57 bits per heavy atom. The Morgan fingerprint density at radius 1 is 1.14 bits per heavy atom. The lowest BCUT2D eigenvalue weighted by molar-refractivity contribution is -0.384. The van der Waals surface area contributed by atoms with Gasteiger partial charge in [-0.2, -0.15) is 0 Å². The van der Waals surface area contributed by atoms with E-state index in [0.29, 0.717) is 32.0 Å². The first-order valence-corrected chi connectivity index (χ1v) is 8.60. The van der Waals surface area contributed by atoms with Crippen molar-refractivity contribution in [1.29, 1.82) is 0 Å². The van der Waals surface area contributed by atoms with Crippen molar-refractivity contribution in [3.8, 4) is 0 Å². The monoisotopic (exact) mass is 385 g/mol. The maximum absolute atomic E-state index is 12.7. The molecule has 1 saturated heterocycles. The summed E-state index contributed by atoms with van der Waals surface area (Å²) in [6.45, 7) is 2.38. The molecule has 2 aromatic rings. The fraction of sp³-hybridized carbons (Fsp3) is 0.263. The largest absolute Gasteiger partial charge is 0.465 e. The number of non-ortho nitro benzene ring substituents is 1. The lowest BCUT2D eigenvalue weighted by atomic mass is 10.1. The van der Waals surface area contributed by atoms with Crippen molar-refractivity contribution < 1.29 is 24.0 Å². The maximum atomic E-state index is 12.7. The predicted molar refractivity (Wildman–Crippen MR) is 102 cm³/mol. The summed E-state index contributed by atoms with van der Waals surface area (Å²) in [5.74, 6) is -1.04. The number of benzene rings is 2. The molecule has 0 saturated carbocycles. The predicted octanol–water partition coefficient (Wildman–Crippen LogP) is 2.47. The molecule has 0 unspecified atom stereocenters. The van der Waals surface area contributed by atoms with Crippen molar-refractivity contribution in [3.63, 3.8) is 0 Å². The van der Waals surface area contributed by atoms with Crippen molar-refractivity contribution >= 4 is 28.9 Å². The number of hydrogen-bond acceptors (Lipinski definition) is 7. The molecule has 0 spiro atoms. The molecule has 1 heterocycles. The summed E-state index contributed by atoms with van der Waals surface area (Å²) in [5, 5.41) is 13.7. The highest BCUT2D eigenvalue weighted by Gasteiger charge is 2.20. The van der Waals surface area contributed by atoms with E-state index in [1.54, 1.807) is 12.1 Å². The van der Waals surface area contributed by atoms with Gasteiger partial charge in [-0.25, -0.2) is 4.79 Å². The second kappa shape index (κ2) is 8.49. The van der Waals surface area contributed by atoms with Gasteiger partial charge in [0.25, 0.3) is 11.6 Å². The average Bonchev–Trinajstić information content (AvgIpc) is 2.73. The van der Waals surface area contributed by atoms with Crippen LogP contribution in [0.2, 0.25) is 0 Å². The number of nitrogens with one attached hydrogen (secondary N) is 1. The number of nitrogens with zero attached hydrogens (tertiary/aromatic N) is 2. The van der Waals surface area contributed by atoms with E-state index in [9.17, 15) is 19.7 Å². The highest BCUT2D eigenvalue weighted by molar-refractivity contribution is 6.07. The summed E-state index contributed by atoms with van der Waals surface area (Å²) in [5.41, 5.74) is 1.40. The zero-order chi connectivity index (χ0) is 20.1. The Hall–Kier alpha value is -3.46. The zero-order valence-corrected chi connectivity index (χ0v) is 15.2. The van der Waals surface area contributed by atoms with Crippen molar-refractivity contribution in [2.45, 2.75) is 0 Å². The number of nitro groups is 1. The van der Waals surface area contributed by atoms with E-state index in [2.05, 4.69) is 5.32 Å². The summed E-state index contributed by atoms with van der Waals surface area (Å²) >= 11 is 0. The van der Waals surface area contributed by atoms with Gasteiger partial charge in [0.05, 0.1) is 42.2 Å². The third-order valence-electron chi connectivity index (χ3n) is 4.34. The summed E-state index contributed by atoms with van der Waals surface area (Å²) < 4.78 is 10.1. The first-order valence-electron chi connectivity index (χ1n) is 8.60. The molecule has 0 aromatic heterocycles. The van der Waals surface area contributed by atoms with Crippen molar-refractivity contribution in [2.24, 2.45) is 0 Å². The minimum atomic E-state index is -0.562. The molecule has 28 heavy (non-hydrogen) atoms. The molecular weight excluding hydrogens is 366 g/mol. The van der Waals surface area contributed by atoms with E-state index in [4.69, 9.17) is 9.47 Å². The van der Waals surface area contributed by atoms with Crippen LogP contribution in [-0.4, -0.2) is 50.2 Å². The van der Waals surface area contributed by atoms with Crippen LogP contribution in [-0.2, 0) is 9.47 Å². The van der Waals surface area contributed by atoms with Crippen LogP contribution in [0.25, 0.3) is 0 Å². The van der Waals surface area contributed by atoms with Gasteiger partial charge in [-0.1, -0.05) is 6.07 Å². The molecule has 1 aliphatic rings. The van der Waals surface area contributed by atoms with E-state index in [-0.39, 0.29) is 16.8 Å². The van der Waals surface area contributed by atoms with Gasteiger partial charge >= 0.3 is 5.97 Å². The number of carbonyl (C=O) groups is 2. The minimum absolute atomic E-state index is 0.144. The molecule has 2 aromatic carbocycles. The molecule has 1 amide bonds. The summed E-state index contributed by atoms with van der Waals surface area (Å²) in [4.78, 5) is 37.0. The molecule has 9 nitrogen and oxygen atoms in total. The Bertz CT molecular complexity index is 908. The lowest BCUT2D eigenvalue weighted by Crippen LogP contribution is -2.36. The van der Waals surface area contributed by atoms with E-state index >= 15 is 0 Å². The van der Waals surface area contributed by atoms with Crippen LogP contribution in [0, 0.1) is 10.1 Å². The number of methoxy groups -OCH3 is 1. The molecule has 1 N–H and O–H groups in total. The van der Waals surface area contributed by atoms with Gasteiger partial charge in [0, 0.05) is 30.8 Å². The Labute approximate surface area is 161 Å². The molecule has 3 rings (SSSR count). The van der Waals surface area contributed by atoms with Crippen LogP contribution in [0.1, 0.15) is 20.7 Å². The Kier molecular flexibility index (Phi) is 5.85. The number of morpholine rings is 1. The van der Waals surface area contributed by atoms with Crippen molar-refractivity contribution in [3.05, 3.63) is 63.7 Å². The van der Waals surface area contributed by atoms with Crippen LogP contribution >= 0.6 is 0 Å². The summed E-state index contributed by atoms with van der Waals surface area (Å²) in [6, 6.07) is 10.3. The number of nitro benzene ring substituents is 1. The summed E-state index contributed by atoms with van der Waals surface area (Å²) in [6.07, 6.45) is 0. The molecule has 0 radical (unpaired) electrons. The van der Waals surface area contributed by atoms with Crippen LogP contribution in [0.3, 0.4) is 0 Å². The Balaban J connectivity index is 1.93. The van der Waals surface area contributed by atoms with Gasteiger partial charge in [-0.05, 0) is 24.3 Å². The normalized spacial score (nSPS) is 13.7. The lowest BCUT2D eigenvalue weighted by Gasteiger charge is -2.30. The summed E-state index contributed by atoms with van der Waals surface area (Å²) in [7, 11) is 1.28. The van der Waals surface area contributed by atoms with Crippen LogP contribution in [0.5, 0.6) is 0 Å². The quantitative estimate of drug-likeness (QED) is 0.478. The molecule has 0 atom stereocenters. The minimum Gasteiger partial charge on any atom is -0.465 e. The third-order valence-corrected chi connectivity index (χ3v) is 4.34.